The van der Waals surface area contributed by atoms with Crippen LogP contribution >= 0.6 is 0 Å². The van der Waals surface area contributed by atoms with Crippen molar-refractivity contribution in [3.63, 3.8) is 0 Å². The molecule has 0 spiro atoms. The Balaban J connectivity index is 1.68. The van der Waals surface area contributed by atoms with Crippen molar-refractivity contribution in [1.29, 1.82) is 0 Å². The van der Waals surface area contributed by atoms with Crippen LogP contribution in [0.15, 0.2) is 0 Å². The van der Waals surface area contributed by atoms with Crippen molar-refractivity contribution in [3.05, 3.63) is 0 Å². The molecule has 0 radical (unpaired) electrons. The zero-order valence-electron chi connectivity index (χ0n) is 11.9. The van der Waals surface area contributed by atoms with E-state index >= 15 is 0 Å². The first-order chi connectivity index (χ1) is 9.15. The summed E-state index contributed by atoms with van der Waals surface area (Å²) in [6.07, 6.45) is 4.12. The molecule has 1 amide bonds. The molecule has 2 aliphatic heterocycles. The highest BCUT2D eigenvalue weighted by Crippen LogP contribution is 2.18. The van der Waals surface area contributed by atoms with Crippen molar-refractivity contribution < 1.29 is 9.53 Å². The maximum absolute atomic E-state index is 12.0. The van der Waals surface area contributed by atoms with E-state index in [2.05, 4.69) is 17.1 Å². The van der Waals surface area contributed by atoms with Crippen molar-refractivity contribution in [3.8, 4) is 0 Å². The summed E-state index contributed by atoms with van der Waals surface area (Å²) in [6.45, 7) is 6.17. The molecule has 5 nitrogen and oxygen atoms in total. The van der Waals surface area contributed by atoms with Gasteiger partial charge in [-0.25, -0.2) is 0 Å². The molecule has 5 heteroatoms. The Bertz CT molecular complexity index is 284. The van der Waals surface area contributed by atoms with E-state index in [4.69, 9.17) is 10.5 Å². The Morgan fingerprint density at radius 3 is 2.58 bits per heavy atom. The van der Waals surface area contributed by atoms with E-state index in [-0.39, 0.29) is 11.9 Å². The first-order valence-electron chi connectivity index (χ1n) is 7.50. The van der Waals surface area contributed by atoms with Crippen LogP contribution in [-0.4, -0.2) is 55.7 Å². The highest BCUT2D eigenvalue weighted by atomic mass is 16.5. The van der Waals surface area contributed by atoms with Crippen LogP contribution in [0.3, 0.4) is 0 Å². The van der Waals surface area contributed by atoms with E-state index in [0.717, 1.165) is 52.0 Å². The molecule has 2 aliphatic rings. The molecular formula is C14H27N3O2. The molecule has 0 aliphatic carbocycles. The summed E-state index contributed by atoms with van der Waals surface area (Å²) in [4.78, 5) is 14.2. The van der Waals surface area contributed by atoms with Crippen LogP contribution < -0.4 is 11.1 Å². The molecule has 1 unspecified atom stereocenters. The number of carbonyl (C=O) groups is 1. The van der Waals surface area contributed by atoms with E-state index in [0.29, 0.717) is 18.5 Å². The number of likely N-dealkylation sites (tertiary alicyclic amines) is 1. The second-order valence-corrected chi connectivity index (χ2v) is 5.92. The SMILES string of the molecule is CC(NC(=O)CN1CCC(N)CC1)C1CCOCC1. The van der Waals surface area contributed by atoms with Crippen LogP contribution in [0.1, 0.15) is 32.6 Å². The quantitative estimate of drug-likeness (QED) is 0.772. The van der Waals surface area contributed by atoms with Crippen molar-refractivity contribution >= 4 is 5.91 Å². The molecule has 0 bridgehead atoms. The predicted octanol–water partition coefficient (Wildman–Crippen LogP) is 0.341. The lowest BCUT2D eigenvalue weighted by atomic mass is 9.93. The molecule has 2 heterocycles. The van der Waals surface area contributed by atoms with E-state index < -0.39 is 0 Å². The fourth-order valence-corrected chi connectivity index (χ4v) is 2.95. The third kappa shape index (κ3) is 4.75. The molecule has 1 atom stereocenters. The van der Waals surface area contributed by atoms with Gasteiger partial charge in [0.05, 0.1) is 6.54 Å². The number of piperidine rings is 1. The number of carbonyl (C=O) groups excluding carboxylic acids is 1. The summed E-state index contributed by atoms with van der Waals surface area (Å²) in [7, 11) is 0. The van der Waals surface area contributed by atoms with E-state index in [1.165, 1.54) is 0 Å². The second kappa shape index (κ2) is 7.22. The Kier molecular flexibility index (Phi) is 5.60. The average molecular weight is 269 g/mol. The lowest BCUT2D eigenvalue weighted by Crippen LogP contribution is -2.47. The monoisotopic (exact) mass is 269 g/mol. The van der Waals surface area contributed by atoms with E-state index in [1.807, 2.05) is 0 Å². The van der Waals surface area contributed by atoms with Crippen molar-refractivity contribution in [2.75, 3.05) is 32.8 Å². The van der Waals surface area contributed by atoms with Gasteiger partial charge in [0.25, 0.3) is 0 Å². The summed E-state index contributed by atoms with van der Waals surface area (Å²) in [5.74, 6) is 0.710. The topological polar surface area (TPSA) is 67.6 Å². The Morgan fingerprint density at radius 1 is 1.32 bits per heavy atom. The zero-order chi connectivity index (χ0) is 13.7. The number of nitrogens with zero attached hydrogens (tertiary/aromatic N) is 1. The molecule has 0 aromatic rings. The fraction of sp³-hybridized carbons (Fsp3) is 0.929. The lowest BCUT2D eigenvalue weighted by Gasteiger charge is -2.31. The van der Waals surface area contributed by atoms with Gasteiger partial charge in [0, 0.05) is 38.4 Å². The van der Waals surface area contributed by atoms with Crippen LogP contribution in [0, 0.1) is 5.92 Å². The highest BCUT2D eigenvalue weighted by Gasteiger charge is 2.23. The molecule has 0 saturated carbocycles. The van der Waals surface area contributed by atoms with Gasteiger partial charge >= 0.3 is 0 Å². The summed E-state index contributed by atoms with van der Waals surface area (Å²) >= 11 is 0. The molecule has 2 rings (SSSR count). The smallest absolute Gasteiger partial charge is 0.234 e. The van der Waals surface area contributed by atoms with Gasteiger partial charge in [0.1, 0.15) is 0 Å². The van der Waals surface area contributed by atoms with Gasteiger partial charge in [-0.15, -0.1) is 0 Å². The average Bonchev–Trinajstić information content (AvgIpc) is 2.42. The number of nitrogens with two attached hydrogens (primary N) is 1. The van der Waals surface area contributed by atoms with Gasteiger partial charge in [-0.3, -0.25) is 9.69 Å². The third-order valence-corrected chi connectivity index (χ3v) is 4.36. The number of hydrogen-bond donors (Lipinski definition) is 2. The van der Waals surface area contributed by atoms with E-state index in [9.17, 15) is 4.79 Å². The Morgan fingerprint density at radius 2 is 1.95 bits per heavy atom. The standard InChI is InChI=1S/C14H27N3O2/c1-11(12-4-8-19-9-5-12)16-14(18)10-17-6-2-13(15)3-7-17/h11-13H,2-10,15H2,1H3,(H,16,18). The van der Waals surface area contributed by atoms with Gasteiger partial charge in [0.2, 0.25) is 5.91 Å². The van der Waals surface area contributed by atoms with E-state index in [1.54, 1.807) is 0 Å². The predicted molar refractivity (Wildman–Crippen MR) is 74.8 cm³/mol. The molecule has 0 aromatic carbocycles. The van der Waals surface area contributed by atoms with Gasteiger partial charge in [0.15, 0.2) is 0 Å². The molecule has 19 heavy (non-hydrogen) atoms. The summed E-state index contributed by atoms with van der Waals surface area (Å²) in [5.41, 5.74) is 5.87. The van der Waals surface area contributed by atoms with Gasteiger partial charge in [-0.2, -0.15) is 0 Å². The number of hydrogen-bond acceptors (Lipinski definition) is 4. The Hall–Kier alpha value is -0.650. The lowest BCUT2D eigenvalue weighted by molar-refractivity contribution is -0.123. The van der Waals surface area contributed by atoms with Gasteiger partial charge in [-0.1, -0.05) is 0 Å². The largest absolute Gasteiger partial charge is 0.381 e. The number of nitrogens with one attached hydrogen (secondary N) is 1. The molecular weight excluding hydrogens is 242 g/mol. The third-order valence-electron chi connectivity index (χ3n) is 4.36. The van der Waals surface area contributed by atoms with Crippen molar-refractivity contribution in [1.82, 2.24) is 10.2 Å². The normalized spacial score (nSPS) is 25.2. The van der Waals surface area contributed by atoms with Gasteiger partial charge < -0.3 is 15.8 Å². The zero-order valence-corrected chi connectivity index (χ0v) is 11.9. The van der Waals surface area contributed by atoms with Crippen LogP contribution in [0.25, 0.3) is 0 Å². The van der Waals surface area contributed by atoms with Crippen LogP contribution in [0.5, 0.6) is 0 Å². The second-order valence-electron chi connectivity index (χ2n) is 5.92. The molecule has 0 aromatic heterocycles. The number of ether oxygens (including phenoxy) is 1. The number of amides is 1. The molecule has 110 valence electrons. The minimum Gasteiger partial charge on any atom is -0.381 e. The maximum Gasteiger partial charge on any atom is 0.234 e. The van der Waals surface area contributed by atoms with Crippen molar-refractivity contribution in [2.24, 2.45) is 11.7 Å². The van der Waals surface area contributed by atoms with Crippen LogP contribution in [-0.2, 0) is 9.53 Å². The number of rotatable bonds is 4. The maximum atomic E-state index is 12.0. The highest BCUT2D eigenvalue weighted by molar-refractivity contribution is 5.78. The summed E-state index contributed by atoms with van der Waals surface area (Å²) in [6, 6.07) is 0.573. The molecule has 2 saturated heterocycles. The molecule has 3 N–H and O–H groups in total. The first-order valence-corrected chi connectivity index (χ1v) is 7.50. The van der Waals surface area contributed by atoms with Crippen LogP contribution in [0.2, 0.25) is 0 Å². The minimum atomic E-state index is 0.148. The summed E-state index contributed by atoms with van der Waals surface area (Å²) < 4.78 is 5.35. The summed E-state index contributed by atoms with van der Waals surface area (Å²) in [5, 5.41) is 3.14. The van der Waals surface area contributed by atoms with Gasteiger partial charge in [-0.05, 0) is 38.5 Å². The Labute approximate surface area is 115 Å². The van der Waals surface area contributed by atoms with Crippen LogP contribution in [0.4, 0.5) is 0 Å². The molecule has 2 fully saturated rings. The minimum absolute atomic E-state index is 0.148. The van der Waals surface area contributed by atoms with Crippen molar-refractivity contribution in [2.45, 2.75) is 44.7 Å². The first kappa shape index (κ1) is 14.8. The fourth-order valence-electron chi connectivity index (χ4n) is 2.95.